The average molecular weight is 250 g/mol. The summed E-state index contributed by atoms with van der Waals surface area (Å²) in [6.45, 7) is 4.36. The van der Waals surface area contributed by atoms with Crippen LogP contribution in [-0.4, -0.2) is 5.71 Å². The molecule has 0 aromatic heterocycles. The van der Waals surface area contributed by atoms with Crippen molar-refractivity contribution in [2.45, 2.75) is 19.9 Å². The molecule has 2 aromatic carbocycles. The molecule has 0 unspecified atom stereocenters. The lowest BCUT2D eigenvalue weighted by Gasteiger charge is -2.26. The fourth-order valence-corrected chi connectivity index (χ4v) is 2.64. The van der Waals surface area contributed by atoms with E-state index in [1.54, 1.807) is 0 Å². The van der Waals surface area contributed by atoms with Crippen LogP contribution in [0, 0.1) is 5.92 Å². The SMILES string of the molecule is CC1=NN(c2ccccc2)[C@H](c2ccccc2)[C@H]1C. The topological polar surface area (TPSA) is 15.6 Å². The average Bonchev–Trinajstić information content (AvgIpc) is 2.77. The molecule has 0 saturated heterocycles. The van der Waals surface area contributed by atoms with E-state index in [2.05, 4.69) is 73.5 Å². The van der Waals surface area contributed by atoms with E-state index in [1.807, 2.05) is 6.07 Å². The summed E-state index contributed by atoms with van der Waals surface area (Å²) in [6.07, 6.45) is 0. The molecule has 0 aliphatic carbocycles. The number of para-hydroxylation sites is 1. The Hall–Kier alpha value is -2.09. The second kappa shape index (κ2) is 4.88. The van der Waals surface area contributed by atoms with Gasteiger partial charge in [-0.15, -0.1) is 0 Å². The van der Waals surface area contributed by atoms with Gasteiger partial charge in [-0.05, 0) is 24.6 Å². The Balaban J connectivity index is 2.02. The molecule has 0 amide bonds. The number of anilines is 1. The summed E-state index contributed by atoms with van der Waals surface area (Å²) in [7, 11) is 0. The van der Waals surface area contributed by atoms with Crippen LogP contribution in [-0.2, 0) is 0 Å². The Morgan fingerprint density at radius 1 is 0.895 bits per heavy atom. The minimum atomic E-state index is 0.295. The molecule has 96 valence electrons. The Bertz CT molecular complexity index is 575. The molecule has 0 saturated carbocycles. The van der Waals surface area contributed by atoms with Gasteiger partial charge in [-0.3, -0.25) is 5.01 Å². The van der Waals surface area contributed by atoms with Crippen LogP contribution in [0.25, 0.3) is 0 Å². The van der Waals surface area contributed by atoms with Crippen LogP contribution < -0.4 is 5.01 Å². The van der Waals surface area contributed by atoms with Crippen molar-refractivity contribution >= 4 is 11.4 Å². The summed E-state index contributed by atoms with van der Waals surface area (Å²) in [6, 6.07) is 21.3. The molecule has 1 aliphatic heterocycles. The molecule has 3 rings (SSSR count). The Morgan fingerprint density at radius 2 is 1.47 bits per heavy atom. The summed E-state index contributed by atoms with van der Waals surface area (Å²) in [4.78, 5) is 0. The molecule has 1 heterocycles. The van der Waals surface area contributed by atoms with Crippen LogP contribution >= 0.6 is 0 Å². The molecular formula is C17H18N2. The maximum atomic E-state index is 4.75. The van der Waals surface area contributed by atoms with Gasteiger partial charge in [0.25, 0.3) is 0 Å². The minimum Gasteiger partial charge on any atom is -0.257 e. The van der Waals surface area contributed by atoms with E-state index < -0.39 is 0 Å². The fourth-order valence-electron chi connectivity index (χ4n) is 2.64. The largest absolute Gasteiger partial charge is 0.257 e. The highest BCUT2D eigenvalue weighted by Gasteiger charge is 2.33. The number of hydrogen-bond acceptors (Lipinski definition) is 2. The van der Waals surface area contributed by atoms with Crippen LogP contribution in [0.2, 0.25) is 0 Å². The van der Waals surface area contributed by atoms with Gasteiger partial charge in [0.1, 0.15) is 0 Å². The zero-order chi connectivity index (χ0) is 13.2. The van der Waals surface area contributed by atoms with Gasteiger partial charge in [0.2, 0.25) is 0 Å². The van der Waals surface area contributed by atoms with E-state index in [0.717, 1.165) is 5.69 Å². The third-order valence-electron chi connectivity index (χ3n) is 3.82. The molecular weight excluding hydrogens is 232 g/mol. The van der Waals surface area contributed by atoms with E-state index in [0.29, 0.717) is 12.0 Å². The molecule has 0 fully saturated rings. The zero-order valence-corrected chi connectivity index (χ0v) is 11.3. The number of nitrogens with zero attached hydrogens (tertiary/aromatic N) is 2. The summed E-state index contributed by atoms with van der Waals surface area (Å²) in [5, 5.41) is 6.90. The van der Waals surface area contributed by atoms with Gasteiger partial charge in [0.05, 0.1) is 11.7 Å². The van der Waals surface area contributed by atoms with Gasteiger partial charge in [-0.2, -0.15) is 5.10 Å². The van der Waals surface area contributed by atoms with E-state index >= 15 is 0 Å². The minimum absolute atomic E-state index is 0.295. The number of rotatable bonds is 2. The first-order chi connectivity index (χ1) is 9.27. The molecule has 0 radical (unpaired) electrons. The molecule has 0 bridgehead atoms. The Morgan fingerprint density at radius 3 is 2.11 bits per heavy atom. The highest BCUT2D eigenvalue weighted by molar-refractivity contribution is 5.88. The summed E-state index contributed by atoms with van der Waals surface area (Å²) in [5.41, 5.74) is 3.66. The van der Waals surface area contributed by atoms with Crippen molar-refractivity contribution in [2.75, 3.05) is 5.01 Å². The first-order valence-corrected chi connectivity index (χ1v) is 6.71. The second-order valence-electron chi connectivity index (χ2n) is 5.07. The van der Waals surface area contributed by atoms with Crippen LogP contribution in [0.5, 0.6) is 0 Å². The highest BCUT2D eigenvalue weighted by Crippen LogP contribution is 2.38. The Kier molecular flexibility index (Phi) is 3.08. The van der Waals surface area contributed by atoms with Crippen molar-refractivity contribution in [3.8, 4) is 0 Å². The quantitative estimate of drug-likeness (QED) is 0.777. The van der Waals surface area contributed by atoms with Crippen molar-refractivity contribution in [1.29, 1.82) is 0 Å². The number of hydrazone groups is 1. The van der Waals surface area contributed by atoms with Crippen molar-refractivity contribution in [3.63, 3.8) is 0 Å². The van der Waals surface area contributed by atoms with Gasteiger partial charge < -0.3 is 0 Å². The van der Waals surface area contributed by atoms with E-state index in [4.69, 9.17) is 5.10 Å². The predicted octanol–water partition coefficient (Wildman–Crippen LogP) is 4.26. The second-order valence-corrected chi connectivity index (χ2v) is 5.07. The van der Waals surface area contributed by atoms with Crippen LogP contribution in [0.3, 0.4) is 0 Å². The molecule has 2 nitrogen and oxygen atoms in total. The lowest BCUT2D eigenvalue weighted by molar-refractivity contribution is 0.588. The van der Waals surface area contributed by atoms with E-state index in [1.165, 1.54) is 11.3 Å². The molecule has 0 spiro atoms. The van der Waals surface area contributed by atoms with Crippen molar-refractivity contribution < 1.29 is 0 Å². The fraction of sp³-hybridized carbons (Fsp3) is 0.235. The third kappa shape index (κ3) is 2.14. The number of hydrogen-bond donors (Lipinski definition) is 0. The summed E-state index contributed by atoms with van der Waals surface area (Å²) >= 11 is 0. The van der Waals surface area contributed by atoms with E-state index in [-0.39, 0.29) is 0 Å². The van der Waals surface area contributed by atoms with Crippen LogP contribution in [0.4, 0.5) is 5.69 Å². The predicted molar refractivity (Wildman–Crippen MR) is 80.4 cm³/mol. The third-order valence-corrected chi connectivity index (χ3v) is 3.82. The van der Waals surface area contributed by atoms with E-state index in [9.17, 15) is 0 Å². The summed E-state index contributed by atoms with van der Waals surface area (Å²) < 4.78 is 0. The van der Waals surface area contributed by atoms with Gasteiger partial charge >= 0.3 is 0 Å². The molecule has 19 heavy (non-hydrogen) atoms. The molecule has 2 atom stereocenters. The van der Waals surface area contributed by atoms with Crippen molar-refractivity contribution in [1.82, 2.24) is 0 Å². The Labute approximate surface area is 114 Å². The first kappa shape index (κ1) is 12.0. The summed E-state index contributed by atoms with van der Waals surface area (Å²) in [5.74, 6) is 0.433. The van der Waals surface area contributed by atoms with Gasteiger partial charge in [-0.1, -0.05) is 55.5 Å². The highest BCUT2D eigenvalue weighted by atomic mass is 15.5. The molecule has 1 aliphatic rings. The maximum Gasteiger partial charge on any atom is 0.0853 e. The normalized spacial score (nSPS) is 22.4. The van der Waals surface area contributed by atoms with Gasteiger partial charge in [0, 0.05) is 11.6 Å². The molecule has 0 N–H and O–H groups in total. The molecule has 2 aromatic rings. The zero-order valence-electron chi connectivity index (χ0n) is 11.3. The van der Waals surface area contributed by atoms with Crippen LogP contribution in [0.15, 0.2) is 65.8 Å². The first-order valence-electron chi connectivity index (χ1n) is 6.71. The van der Waals surface area contributed by atoms with Crippen molar-refractivity contribution in [2.24, 2.45) is 11.0 Å². The maximum absolute atomic E-state index is 4.75. The van der Waals surface area contributed by atoms with Crippen LogP contribution in [0.1, 0.15) is 25.5 Å². The standard InChI is InChI=1S/C17H18N2/c1-13-14(2)18-19(16-11-7-4-8-12-16)17(13)15-9-5-3-6-10-15/h3-13,17H,1-2H3/t13-,17-/m0/s1. The molecule has 2 heteroatoms. The van der Waals surface area contributed by atoms with Gasteiger partial charge in [0.15, 0.2) is 0 Å². The lowest BCUT2D eigenvalue weighted by Crippen LogP contribution is -2.23. The lowest BCUT2D eigenvalue weighted by atomic mass is 9.92. The van der Waals surface area contributed by atoms with Gasteiger partial charge in [-0.25, -0.2) is 0 Å². The van der Waals surface area contributed by atoms with Crippen molar-refractivity contribution in [3.05, 3.63) is 66.2 Å². The monoisotopic (exact) mass is 250 g/mol. The smallest absolute Gasteiger partial charge is 0.0853 e. The number of benzene rings is 2.